The Bertz CT molecular complexity index is 989. The van der Waals surface area contributed by atoms with Gasteiger partial charge in [0, 0.05) is 29.7 Å². The third-order valence-corrected chi connectivity index (χ3v) is 6.91. The van der Waals surface area contributed by atoms with Crippen molar-refractivity contribution in [1.29, 1.82) is 0 Å². The average Bonchev–Trinajstić information content (AvgIpc) is 3.35. The van der Waals surface area contributed by atoms with Gasteiger partial charge >= 0.3 is 0 Å². The Labute approximate surface area is 157 Å². The second-order valence-corrected chi connectivity index (χ2v) is 9.84. The minimum absolute atomic E-state index is 0.145. The van der Waals surface area contributed by atoms with Crippen LogP contribution in [0.5, 0.6) is 5.88 Å². The maximum atomic E-state index is 13.2. The van der Waals surface area contributed by atoms with Crippen molar-refractivity contribution in [3.05, 3.63) is 34.5 Å². The normalized spacial score (nSPS) is 14.6. The summed E-state index contributed by atoms with van der Waals surface area (Å²) in [6, 6.07) is 3.02. The van der Waals surface area contributed by atoms with Gasteiger partial charge in [-0.25, -0.2) is 13.1 Å². The number of hydrogen-bond donors (Lipinski definition) is 1. The monoisotopic (exact) mass is 394 g/mol. The van der Waals surface area contributed by atoms with Crippen molar-refractivity contribution in [2.24, 2.45) is 7.05 Å². The second kappa shape index (κ2) is 6.74. The first-order valence-electron chi connectivity index (χ1n) is 8.43. The van der Waals surface area contributed by atoms with E-state index in [0.717, 1.165) is 12.8 Å². The van der Waals surface area contributed by atoms with Gasteiger partial charge in [0.2, 0.25) is 11.7 Å². The molecule has 0 saturated heterocycles. The van der Waals surface area contributed by atoms with E-state index in [1.54, 1.807) is 14.0 Å². The number of nitrogens with zero attached hydrogens (tertiary/aromatic N) is 2. The lowest BCUT2D eigenvalue weighted by Gasteiger charge is -2.14. The number of sulfone groups is 1. The Morgan fingerprint density at radius 3 is 2.58 bits per heavy atom. The topological polar surface area (TPSA) is 89.3 Å². The summed E-state index contributed by atoms with van der Waals surface area (Å²) in [7, 11) is -1.79. The minimum Gasteiger partial charge on any atom is -0.493 e. The van der Waals surface area contributed by atoms with Gasteiger partial charge in [-0.15, -0.1) is 11.8 Å². The number of aromatic nitrogens is 2. The van der Waals surface area contributed by atoms with Crippen molar-refractivity contribution < 1.29 is 18.3 Å². The van der Waals surface area contributed by atoms with Crippen LogP contribution in [0.25, 0.3) is 0 Å². The lowest BCUT2D eigenvalue weighted by molar-refractivity contribution is 0.103. The number of benzene rings is 1. The van der Waals surface area contributed by atoms with Crippen LogP contribution in [0.1, 0.15) is 52.9 Å². The van der Waals surface area contributed by atoms with E-state index in [-0.39, 0.29) is 28.0 Å². The highest BCUT2D eigenvalue weighted by Gasteiger charge is 2.35. The third-order valence-electron chi connectivity index (χ3n) is 4.54. The van der Waals surface area contributed by atoms with E-state index < -0.39 is 9.84 Å². The Kier molecular flexibility index (Phi) is 4.92. The van der Waals surface area contributed by atoms with E-state index in [9.17, 15) is 18.3 Å². The second-order valence-electron chi connectivity index (χ2n) is 6.58. The van der Waals surface area contributed by atoms with E-state index in [1.807, 2.05) is 6.92 Å². The van der Waals surface area contributed by atoms with E-state index in [1.165, 1.54) is 34.8 Å². The third kappa shape index (κ3) is 3.27. The summed E-state index contributed by atoms with van der Waals surface area (Å²) in [5, 5.41) is 14.7. The molecule has 0 atom stereocenters. The molecule has 1 heterocycles. The van der Waals surface area contributed by atoms with Gasteiger partial charge in [0.05, 0.1) is 10.6 Å². The predicted octanol–water partition coefficient (Wildman–Crippen LogP) is 3.06. The Morgan fingerprint density at radius 2 is 2.04 bits per heavy atom. The van der Waals surface area contributed by atoms with Crippen molar-refractivity contribution in [2.75, 3.05) is 12.0 Å². The number of aryl methyl sites for hydroxylation is 1. The highest BCUT2D eigenvalue weighted by Crippen LogP contribution is 2.44. The van der Waals surface area contributed by atoms with Crippen molar-refractivity contribution >= 4 is 27.4 Å². The van der Waals surface area contributed by atoms with Crippen LogP contribution < -0.4 is 0 Å². The average molecular weight is 395 g/mol. The first-order chi connectivity index (χ1) is 12.2. The number of ketones is 1. The molecule has 0 radical (unpaired) electrons. The molecule has 0 bridgehead atoms. The summed E-state index contributed by atoms with van der Waals surface area (Å²) in [6.07, 6.45) is 3.08. The van der Waals surface area contributed by atoms with Gasteiger partial charge in [0.1, 0.15) is 5.56 Å². The zero-order chi connectivity index (χ0) is 19.2. The summed E-state index contributed by atoms with van der Waals surface area (Å²) in [5.74, 6) is 0.439. The van der Waals surface area contributed by atoms with Gasteiger partial charge in [-0.1, -0.05) is 6.92 Å². The molecule has 1 aliphatic carbocycles. The van der Waals surface area contributed by atoms with Crippen LogP contribution in [-0.2, 0) is 16.9 Å². The number of rotatable bonds is 6. The van der Waals surface area contributed by atoms with Crippen molar-refractivity contribution in [3.8, 4) is 5.88 Å². The molecule has 0 unspecified atom stereocenters. The fourth-order valence-corrected chi connectivity index (χ4v) is 5.32. The van der Waals surface area contributed by atoms with Crippen LogP contribution in [0.15, 0.2) is 21.9 Å². The maximum absolute atomic E-state index is 13.2. The predicted molar refractivity (Wildman–Crippen MR) is 101 cm³/mol. The Balaban J connectivity index is 2.16. The quantitative estimate of drug-likeness (QED) is 0.598. The van der Waals surface area contributed by atoms with Gasteiger partial charge in [0.25, 0.3) is 0 Å². The molecule has 3 rings (SSSR count). The fourth-order valence-electron chi connectivity index (χ4n) is 3.06. The fraction of sp³-hybridized carbons (Fsp3) is 0.444. The van der Waals surface area contributed by atoms with Crippen LogP contribution in [0.3, 0.4) is 0 Å². The number of aromatic hydroxyl groups is 1. The summed E-state index contributed by atoms with van der Waals surface area (Å²) < 4.78 is 25.5. The van der Waals surface area contributed by atoms with E-state index in [0.29, 0.717) is 27.5 Å². The molecule has 2 aromatic rings. The van der Waals surface area contributed by atoms with Gasteiger partial charge < -0.3 is 5.11 Å². The van der Waals surface area contributed by atoms with E-state index in [2.05, 4.69) is 5.10 Å². The molecule has 6 nitrogen and oxygen atoms in total. The molecule has 0 spiro atoms. The molecule has 1 aromatic heterocycles. The molecule has 1 saturated carbocycles. The number of carbonyl (C=O) groups is 1. The summed E-state index contributed by atoms with van der Waals surface area (Å²) in [4.78, 5) is 14.0. The van der Waals surface area contributed by atoms with Crippen molar-refractivity contribution in [2.45, 2.75) is 42.4 Å². The molecule has 26 heavy (non-hydrogen) atoms. The molecule has 140 valence electrons. The molecule has 8 heteroatoms. The van der Waals surface area contributed by atoms with E-state index in [4.69, 9.17) is 0 Å². The highest BCUT2D eigenvalue weighted by molar-refractivity contribution is 8.00. The van der Waals surface area contributed by atoms with Gasteiger partial charge in [-0.2, -0.15) is 5.10 Å². The van der Waals surface area contributed by atoms with Crippen LogP contribution in [-0.4, -0.2) is 41.1 Å². The molecule has 1 aliphatic rings. The standard InChI is InChI=1S/C18H22N2O4S2/c1-5-25-17-10(2)12(8-9-13(17)26(4,23)24)16(21)14-15(11-6-7-11)19-20(3)18(14)22/h8-9,11,22H,5-7H2,1-4H3. The number of carbonyl (C=O) groups excluding carboxylic acids is 1. The summed E-state index contributed by atoms with van der Waals surface area (Å²) in [6.45, 7) is 3.69. The van der Waals surface area contributed by atoms with Crippen LogP contribution in [0.2, 0.25) is 0 Å². The van der Waals surface area contributed by atoms with Crippen molar-refractivity contribution in [1.82, 2.24) is 9.78 Å². The molecular formula is C18H22N2O4S2. The molecular weight excluding hydrogens is 372 g/mol. The van der Waals surface area contributed by atoms with Crippen LogP contribution in [0.4, 0.5) is 0 Å². The maximum Gasteiger partial charge on any atom is 0.220 e. The van der Waals surface area contributed by atoms with E-state index >= 15 is 0 Å². The van der Waals surface area contributed by atoms with Crippen LogP contribution >= 0.6 is 11.8 Å². The molecule has 0 amide bonds. The zero-order valence-corrected chi connectivity index (χ0v) is 16.9. The number of hydrogen-bond acceptors (Lipinski definition) is 6. The Hall–Kier alpha value is -1.80. The molecule has 1 aromatic carbocycles. The summed E-state index contributed by atoms with van der Waals surface area (Å²) in [5.41, 5.74) is 1.89. The Morgan fingerprint density at radius 1 is 1.38 bits per heavy atom. The molecule has 1 fully saturated rings. The largest absolute Gasteiger partial charge is 0.493 e. The summed E-state index contributed by atoms with van der Waals surface area (Å²) >= 11 is 1.40. The van der Waals surface area contributed by atoms with Gasteiger partial charge in [-0.3, -0.25) is 4.79 Å². The van der Waals surface area contributed by atoms with Gasteiger partial charge in [0.15, 0.2) is 9.84 Å². The first-order valence-corrected chi connectivity index (χ1v) is 11.3. The first kappa shape index (κ1) is 19.0. The molecule has 1 N–H and O–H groups in total. The highest BCUT2D eigenvalue weighted by atomic mass is 32.2. The lowest BCUT2D eigenvalue weighted by Crippen LogP contribution is -2.09. The zero-order valence-electron chi connectivity index (χ0n) is 15.2. The van der Waals surface area contributed by atoms with Gasteiger partial charge in [-0.05, 0) is 43.2 Å². The van der Waals surface area contributed by atoms with Crippen LogP contribution in [0, 0.1) is 6.92 Å². The lowest BCUT2D eigenvalue weighted by atomic mass is 9.98. The number of thioether (sulfide) groups is 1. The molecule has 0 aliphatic heterocycles. The van der Waals surface area contributed by atoms with Crippen molar-refractivity contribution in [3.63, 3.8) is 0 Å². The minimum atomic E-state index is -3.40. The smallest absolute Gasteiger partial charge is 0.220 e. The SMILES string of the molecule is CCSc1c(S(C)(=O)=O)ccc(C(=O)c2c(C3CC3)nn(C)c2O)c1C.